The predicted octanol–water partition coefficient (Wildman–Crippen LogP) is 2.60. The SMILES string of the molecule is Cc1ccc(C)c(NC(=O)CSCC(C)CO)c1. The van der Waals surface area contributed by atoms with Crippen LogP contribution in [0, 0.1) is 19.8 Å². The Balaban J connectivity index is 2.42. The van der Waals surface area contributed by atoms with E-state index in [2.05, 4.69) is 5.32 Å². The molecular weight excluding hydrogens is 246 g/mol. The van der Waals surface area contributed by atoms with Gasteiger partial charge < -0.3 is 10.4 Å². The van der Waals surface area contributed by atoms with E-state index in [1.54, 1.807) is 11.8 Å². The van der Waals surface area contributed by atoms with Crippen molar-refractivity contribution in [3.8, 4) is 0 Å². The van der Waals surface area contributed by atoms with Gasteiger partial charge in [-0.2, -0.15) is 11.8 Å². The van der Waals surface area contributed by atoms with Crippen LogP contribution >= 0.6 is 11.8 Å². The number of aliphatic hydroxyl groups is 1. The standard InChI is InChI=1S/C14H21NO2S/c1-10-4-5-12(3)13(6-10)15-14(17)9-18-8-11(2)7-16/h4-6,11,16H,7-9H2,1-3H3,(H,15,17). The molecule has 0 aromatic heterocycles. The minimum Gasteiger partial charge on any atom is -0.396 e. The second-order valence-electron chi connectivity index (χ2n) is 4.67. The average Bonchev–Trinajstić information content (AvgIpc) is 2.33. The highest BCUT2D eigenvalue weighted by atomic mass is 32.2. The Labute approximate surface area is 113 Å². The lowest BCUT2D eigenvalue weighted by atomic mass is 10.1. The summed E-state index contributed by atoms with van der Waals surface area (Å²) in [6, 6.07) is 6.02. The van der Waals surface area contributed by atoms with Gasteiger partial charge >= 0.3 is 0 Å². The maximum Gasteiger partial charge on any atom is 0.234 e. The molecule has 0 saturated heterocycles. The van der Waals surface area contributed by atoms with E-state index in [9.17, 15) is 4.79 Å². The summed E-state index contributed by atoms with van der Waals surface area (Å²) in [6.07, 6.45) is 0. The zero-order chi connectivity index (χ0) is 13.5. The quantitative estimate of drug-likeness (QED) is 0.833. The molecule has 18 heavy (non-hydrogen) atoms. The van der Waals surface area contributed by atoms with Crippen LogP contribution < -0.4 is 5.32 Å². The van der Waals surface area contributed by atoms with Gasteiger partial charge in [-0.25, -0.2) is 0 Å². The Morgan fingerprint density at radius 1 is 1.44 bits per heavy atom. The van der Waals surface area contributed by atoms with Gasteiger partial charge in [0.1, 0.15) is 0 Å². The molecule has 1 atom stereocenters. The number of thioether (sulfide) groups is 1. The molecule has 0 saturated carbocycles. The molecule has 100 valence electrons. The van der Waals surface area contributed by atoms with Crippen molar-refractivity contribution in [2.45, 2.75) is 20.8 Å². The van der Waals surface area contributed by atoms with Crippen LogP contribution in [0.2, 0.25) is 0 Å². The molecule has 0 aliphatic heterocycles. The zero-order valence-electron chi connectivity index (χ0n) is 11.2. The average molecular weight is 267 g/mol. The fourth-order valence-electron chi connectivity index (χ4n) is 1.46. The van der Waals surface area contributed by atoms with E-state index in [-0.39, 0.29) is 18.4 Å². The van der Waals surface area contributed by atoms with Crippen molar-refractivity contribution < 1.29 is 9.90 Å². The van der Waals surface area contributed by atoms with E-state index < -0.39 is 0 Å². The van der Waals surface area contributed by atoms with Gasteiger partial charge in [0.2, 0.25) is 5.91 Å². The van der Waals surface area contributed by atoms with Crippen LogP contribution in [0.15, 0.2) is 18.2 Å². The van der Waals surface area contributed by atoms with E-state index >= 15 is 0 Å². The van der Waals surface area contributed by atoms with Gasteiger partial charge in [-0.05, 0) is 42.7 Å². The third kappa shape index (κ3) is 5.10. The fraction of sp³-hybridized carbons (Fsp3) is 0.500. The van der Waals surface area contributed by atoms with Crippen molar-refractivity contribution in [1.29, 1.82) is 0 Å². The molecule has 3 nitrogen and oxygen atoms in total. The van der Waals surface area contributed by atoms with Crippen molar-refractivity contribution in [3.63, 3.8) is 0 Å². The summed E-state index contributed by atoms with van der Waals surface area (Å²) < 4.78 is 0. The van der Waals surface area contributed by atoms with Gasteiger partial charge in [-0.15, -0.1) is 0 Å². The number of nitrogens with one attached hydrogen (secondary N) is 1. The molecular formula is C14H21NO2S. The predicted molar refractivity (Wildman–Crippen MR) is 78.1 cm³/mol. The van der Waals surface area contributed by atoms with Crippen LogP contribution in [0.25, 0.3) is 0 Å². The molecule has 0 bridgehead atoms. The highest BCUT2D eigenvalue weighted by Gasteiger charge is 2.07. The highest BCUT2D eigenvalue weighted by Crippen LogP contribution is 2.17. The minimum absolute atomic E-state index is 0.0128. The summed E-state index contributed by atoms with van der Waals surface area (Å²) >= 11 is 1.55. The van der Waals surface area contributed by atoms with Gasteiger partial charge in [0.05, 0.1) is 5.75 Å². The van der Waals surface area contributed by atoms with Crippen molar-refractivity contribution in [2.24, 2.45) is 5.92 Å². The molecule has 1 aromatic carbocycles. The molecule has 1 rings (SSSR count). The Hall–Kier alpha value is -1.00. The Kier molecular flexibility index (Phi) is 6.22. The van der Waals surface area contributed by atoms with Gasteiger partial charge in [-0.1, -0.05) is 19.1 Å². The van der Waals surface area contributed by atoms with E-state index in [0.717, 1.165) is 22.6 Å². The minimum atomic E-state index is 0.0128. The lowest BCUT2D eigenvalue weighted by Crippen LogP contribution is -2.16. The molecule has 1 amide bonds. The number of hydrogen-bond acceptors (Lipinski definition) is 3. The molecule has 0 spiro atoms. The summed E-state index contributed by atoms with van der Waals surface area (Å²) in [5, 5.41) is 11.8. The van der Waals surface area contributed by atoms with Gasteiger partial charge in [0, 0.05) is 12.3 Å². The number of hydrogen-bond donors (Lipinski definition) is 2. The first-order valence-corrected chi connectivity index (χ1v) is 7.24. The molecule has 0 aliphatic rings. The first-order valence-electron chi connectivity index (χ1n) is 6.08. The normalized spacial score (nSPS) is 12.2. The van der Waals surface area contributed by atoms with Crippen molar-refractivity contribution in [3.05, 3.63) is 29.3 Å². The third-order valence-corrected chi connectivity index (χ3v) is 3.89. The molecule has 0 radical (unpaired) electrons. The van der Waals surface area contributed by atoms with E-state index in [4.69, 9.17) is 5.11 Å². The summed E-state index contributed by atoms with van der Waals surface area (Å²) in [6.45, 7) is 6.13. The number of aliphatic hydroxyl groups excluding tert-OH is 1. The fourth-order valence-corrected chi connectivity index (χ4v) is 2.35. The maximum atomic E-state index is 11.8. The maximum absolute atomic E-state index is 11.8. The summed E-state index contributed by atoms with van der Waals surface area (Å²) in [5.41, 5.74) is 3.09. The van der Waals surface area contributed by atoms with Gasteiger partial charge in [0.25, 0.3) is 0 Å². The van der Waals surface area contributed by atoms with Gasteiger partial charge in [-0.3, -0.25) is 4.79 Å². The van der Waals surface area contributed by atoms with Crippen LogP contribution in [-0.2, 0) is 4.79 Å². The number of carbonyl (C=O) groups is 1. The van der Waals surface area contributed by atoms with Crippen molar-refractivity contribution in [2.75, 3.05) is 23.4 Å². The van der Waals surface area contributed by atoms with E-state index in [0.29, 0.717) is 5.75 Å². The molecule has 4 heteroatoms. The molecule has 1 aromatic rings. The smallest absolute Gasteiger partial charge is 0.234 e. The molecule has 0 aliphatic carbocycles. The van der Waals surface area contributed by atoms with E-state index in [1.165, 1.54) is 0 Å². The monoisotopic (exact) mass is 267 g/mol. The number of carbonyl (C=O) groups excluding carboxylic acids is 1. The van der Waals surface area contributed by atoms with Crippen molar-refractivity contribution >= 4 is 23.4 Å². The molecule has 1 unspecified atom stereocenters. The summed E-state index contributed by atoms with van der Waals surface area (Å²) in [7, 11) is 0. The highest BCUT2D eigenvalue weighted by molar-refractivity contribution is 7.99. The van der Waals surface area contributed by atoms with Crippen LogP contribution in [0.5, 0.6) is 0 Å². The number of benzene rings is 1. The molecule has 0 fully saturated rings. The summed E-state index contributed by atoms with van der Waals surface area (Å²) in [5.74, 6) is 1.48. The van der Waals surface area contributed by atoms with E-state index in [1.807, 2.05) is 39.0 Å². The second kappa shape index (κ2) is 7.44. The topological polar surface area (TPSA) is 49.3 Å². The van der Waals surface area contributed by atoms with Crippen LogP contribution in [0.1, 0.15) is 18.1 Å². The molecule has 0 heterocycles. The van der Waals surface area contributed by atoms with Crippen LogP contribution in [0.3, 0.4) is 0 Å². The second-order valence-corrected chi connectivity index (χ2v) is 5.70. The Morgan fingerprint density at radius 2 is 2.17 bits per heavy atom. The Morgan fingerprint density at radius 3 is 2.83 bits per heavy atom. The lowest BCUT2D eigenvalue weighted by Gasteiger charge is -2.10. The first kappa shape index (κ1) is 15.1. The zero-order valence-corrected chi connectivity index (χ0v) is 12.0. The number of amides is 1. The summed E-state index contributed by atoms with van der Waals surface area (Å²) in [4.78, 5) is 11.8. The molecule has 2 N–H and O–H groups in total. The number of rotatable bonds is 6. The number of anilines is 1. The van der Waals surface area contributed by atoms with Crippen LogP contribution in [0.4, 0.5) is 5.69 Å². The van der Waals surface area contributed by atoms with Crippen molar-refractivity contribution in [1.82, 2.24) is 0 Å². The Bertz CT molecular complexity index is 407. The number of aryl methyl sites for hydroxylation is 2. The van der Waals surface area contributed by atoms with Gasteiger partial charge in [0.15, 0.2) is 0 Å². The largest absolute Gasteiger partial charge is 0.396 e. The third-order valence-electron chi connectivity index (χ3n) is 2.61. The van der Waals surface area contributed by atoms with Crippen LogP contribution in [-0.4, -0.2) is 29.1 Å². The first-order chi connectivity index (χ1) is 8.52. The lowest BCUT2D eigenvalue weighted by molar-refractivity contribution is -0.113.